The lowest BCUT2D eigenvalue weighted by Gasteiger charge is -2.17. The number of nitrogens with zero attached hydrogens (tertiary/aromatic N) is 2. The summed E-state index contributed by atoms with van der Waals surface area (Å²) in [5.41, 5.74) is 1.67. The molecule has 0 radical (unpaired) electrons. The summed E-state index contributed by atoms with van der Waals surface area (Å²) in [5.74, 6) is 0. The Morgan fingerprint density at radius 2 is 2.18 bits per heavy atom. The molecule has 2 aromatic rings. The van der Waals surface area contributed by atoms with Crippen LogP contribution in [-0.4, -0.2) is 31.4 Å². The highest BCUT2D eigenvalue weighted by atomic mass is 79.9. The minimum atomic E-state index is -0.855. The van der Waals surface area contributed by atoms with Gasteiger partial charge in [-0.15, -0.1) is 0 Å². The predicted molar refractivity (Wildman–Crippen MR) is 70.1 cm³/mol. The molecule has 5 heteroatoms. The molecule has 0 amide bonds. The van der Waals surface area contributed by atoms with Crippen molar-refractivity contribution in [1.82, 2.24) is 9.78 Å². The molecular formula is C12H15BrN2O2. The van der Waals surface area contributed by atoms with E-state index in [0.717, 1.165) is 16.5 Å². The number of hydrogen-bond donors (Lipinski definition) is 2. The van der Waals surface area contributed by atoms with Gasteiger partial charge in [0.2, 0.25) is 0 Å². The van der Waals surface area contributed by atoms with Gasteiger partial charge in [-0.25, -0.2) is 0 Å². The third-order valence-corrected chi connectivity index (χ3v) is 3.34. The van der Waals surface area contributed by atoms with E-state index in [2.05, 4.69) is 21.0 Å². The van der Waals surface area contributed by atoms with Gasteiger partial charge >= 0.3 is 0 Å². The standard InChI is InChI=1S/C12H15BrN2O2/c1-15-10-6-8(2-3-9(10)7-14-15)12(17)11(16)4-5-13/h2-3,6-7,11-12,16-17H,4-5H2,1H3. The number of aromatic nitrogens is 2. The molecule has 0 aliphatic rings. The van der Waals surface area contributed by atoms with Gasteiger partial charge in [0.15, 0.2) is 0 Å². The Kier molecular flexibility index (Phi) is 3.81. The maximum Gasteiger partial charge on any atom is 0.105 e. The summed E-state index contributed by atoms with van der Waals surface area (Å²) in [6, 6.07) is 5.60. The van der Waals surface area contributed by atoms with Gasteiger partial charge in [-0.2, -0.15) is 5.10 Å². The van der Waals surface area contributed by atoms with Crippen LogP contribution in [0.1, 0.15) is 18.1 Å². The van der Waals surface area contributed by atoms with Gasteiger partial charge in [-0.3, -0.25) is 4.68 Å². The first-order valence-corrected chi connectivity index (χ1v) is 6.59. The van der Waals surface area contributed by atoms with Gasteiger partial charge in [0.1, 0.15) is 6.10 Å². The molecule has 0 bridgehead atoms. The highest BCUT2D eigenvalue weighted by molar-refractivity contribution is 9.09. The largest absolute Gasteiger partial charge is 0.390 e. The Morgan fingerprint density at radius 1 is 1.41 bits per heavy atom. The molecule has 0 aliphatic heterocycles. The van der Waals surface area contributed by atoms with Crippen LogP contribution in [0.5, 0.6) is 0 Å². The lowest BCUT2D eigenvalue weighted by atomic mass is 10.0. The van der Waals surface area contributed by atoms with Crippen molar-refractivity contribution < 1.29 is 10.2 Å². The van der Waals surface area contributed by atoms with Crippen molar-refractivity contribution in [2.75, 3.05) is 5.33 Å². The molecule has 17 heavy (non-hydrogen) atoms. The normalized spacial score (nSPS) is 15.1. The van der Waals surface area contributed by atoms with Gasteiger partial charge in [0.05, 0.1) is 17.8 Å². The number of aryl methyl sites for hydroxylation is 1. The van der Waals surface area contributed by atoms with E-state index < -0.39 is 12.2 Å². The van der Waals surface area contributed by atoms with E-state index in [1.807, 2.05) is 25.2 Å². The Balaban J connectivity index is 2.32. The zero-order valence-electron chi connectivity index (χ0n) is 9.55. The summed E-state index contributed by atoms with van der Waals surface area (Å²) < 4.78 is 1.75. The maximum atomic E-state index is 10.0. The number of halogens is 1. The van der Waals surface area contributed by atoms with Gasteiger partial charge in [-0.05, 0) is 18.1 Å². The summed E-state index contributed by atoms with van der Waals surface area (Å²) >= 11 is 3.25. The zero-order chi connectivity index (χ0) is 12.4. The second kappa shape index (κ2) is 5.16. The predicted octanol–water partition coefficient (Wildman–Crippen LogP) is 1.75. The molecule has 1 heterocycles. The van der Waals surface area contributed by atoms with E-state index in [0.29, 0.717) is 11.8 Å². The number of rotatable bonds is 4. The third kappa shape index (κ3) is 2.51. The molecular weight excluding hydrogens is 284 g/mol. The molecule has 0 fully saturated rings. The van der Waals surface area contributed by atoms with Crippen molar-refractivity contribution >= 4 is 26.8 Å². The number of aliphatic hydroxyl groups is 2. The summed E-state index contributed by atoms with van der Waals surface area (Å²) in [6.45, 7) is 0. The van der Waals surface area contributed by atoms with Crippen molar-refractivity contribution in [3.8, 4) is 0 Å². The number of alkyl halides is 1. The van der Waals surface area contributed by atoms with Crippen LogP contribution < -0.4 is 0 Å². The van der Waals surface area contributed by atoms with E-state index in [1.54, 1.807) is 10.9 Å². The van der Waals surface area contributed by atoms with Crippen molar-refractivity contribution in [3.05, 3.63) is 30.0 Å². The van der Waals surface area contributed by atoms with Crippen molar-refractivity contribution in [3.63, 3.8) is 0 Å². The second-order valence-electron chi connectivity index (χ2n) is 4.08. The molecule has 0 saturated carbocycles. The fraction of sp³-hybridized carbons (Fsp3) is 0.417. The number of aliphatic hydroxyl groups excluding tert-OH is 2. The highest BCUT2D eigenvalue weighted by Crippen LogP contribution is 2.23. The minimum Gasteiger partial charge on any atom is -0.390 e. The average Bonchev–Trinajstić information content (AvgIpc) is 2.70. The van der Waals surface area contributed by atoms with Crippen molar-refractivity contribution in [1.29, 1.82) is 0 Å². The fourth-order valence-corrected chi connectivity index (χ4v) is 2.31. The minimum absolute atomic E-state index is 0.518. The third-order valence-electron chi connectivity index (χ3n) is 2.88. The molecule has 2 N–H and O–H groups in total. The molecule has 1 aromatic carbocycles. The molecule has 2 rings (SSSR count). The number of hydrogen-bond acceptors (Lipinski definition) is 3. The van der Waals surface area contributed by atoms with Crippen molar-refractivity contribution in [2.24, 2.45) is 7.05 Å². The van der Waals surface area contributed by atoms with Crippen molar-refractivity contribution in [2.45, 2.75) is 18.6 Å². The number of fused-ring (bicyclic) bond motifs is 1. The molecule has 0 spiro atoms. The van der Waals surface area contributed by atoms with E-state index in [4.69, 9.17) is 0 Å². The van der Waals surface area contributed by atoms with E-state index in [9.17, 15) is 10.2 Å². The zero-order valence-corrected chi connectivity index (χ0v) is 11.1. The lowest BCUT2D eigenvalue weighted by Crippen LogP contribution is -2.18. The molecule has 4 nitrogen and oxygen atoms in total. The molecule has 0 aliphatic carbocycles. The maximum absolute atomic E-state index is 10.0. The van der Waals surface area contributed by atoms with Crippen LogP contribution in [0.2, 0.25) is 0 Å². The van der Waals surface area contributed by atoms with Crippen LogP contribution in [0.3, 0.4) is 0 Å². The Morgan fingerprint density at radius 3 is 2.88 bits per heavy atom. The van der Waals surface area contributed by atoms with Crippen LogP contribution in [0, 0.1) is 0 Å². The first-order valence-electron chi connectivity index (χ1n) is 5.47. The Hall–Kier alpha value is -0.910. The van der Waals surface area contributed by atoms with Crippen LogP contribution in [0.4, 0.5) is 0 Å². The number of benzene rings is 1. The van der Waals surface area contributed by atoms with Gasteiger partial charge in [-0.1, -0.05) is 28.1 Å². The van der Waals surface area contributed by atoms with Crippen LogP contribution in [-0.2, 0) is 7.05 Å². The lowest BCUT2D eigenvalue weighted by molar-refractivity contribution is 0.0174. The monoisotopic (exact) mass is 298 g/mol. The summed E-state index contributed by atoms with van der Waals surface area (Å²) in [4.78, 5) is 0. The molecule has 0 saturated heterocycles. The first kappa shape index (κ1) is 12.5. The van der Waals surface area contributed by atoms with E-state index in [-0.39, 0.29) is 0 Å². The molecule has 2 atom stereocenters. The smallest absolute Gasteiger partial charge is 0.105 e. The van der Waals surface area contributed by atoms with Gasteiger partial charge in [0.25, 0.3) is 0 Å². The summed E-state index contributed by atoms with van der Waals surface area (Å²) in [5, 5.41) is 25.6. The fourth-order valence-electron chi connectivity index (χ4n) is 1.84. The quantitative estimate of drug-likeness (QED) is 0.846. The molecule has 1 aromatic heterocycles. The summed E-state index contributed by atoms with van der Waals surface area (Å²) in [6.07, 6.45) is 0.692. The Bertz CT molecular complexity index is 512. The second-order valence-corrected chi connectivity index (χ2v) is 4.87. The molecule has 2 unspecified atom stereocenters. The van der Waals surface area contributed by atoms with E-state index in [1.165, 1.54) is 0 Å². The Labute approximate surface area is 108 Å². The SMILES string of the molecule is Cn1ncc2ccc(C(O)C(O)CCBr)cc21. The topological polar surface area (TPSA) is 58.3 Å². The van der Waals surface area contributed by atoms with Crippen LogP contribution >= 0.6 is 15.9 Å². The molecule has 92 valence electrons. The first-order chi connectivity index (χ1) is 8.13. The van der Waals surface area contributed by atoms with Crippen LogP contribution in [0.15, 0.2) is 24.4 Å². The van der Waals surface area contributed by atoms with E-state index >= 15 is 0 Å². The van der Waals surface area contributed by atoms with Gasteiger partial charge in [0, 0.05) is 17.8 Å². The summed E-state index contributed by atoms with van der Waals surface area (Å²) in [7, 11) is 1.85. The highest BCUT2D eigenvalue weighted by Gasteiger charge is 2.18. The van der Waals surface area contributed by atoms with Crippen LogP contribution in [0.25, 0.3) is 10.9 Å². The van der Waals surface area contributed by atoms with Gasteiger partial charge < -0.3 is 10.2 Å². The average molecular weight is 299 g/mol.